The predicted molar refractivity (Wildman–Crippen MR) is 77.1 cm³/mol. The normalized spacial score (nSPS) is 18.3. The van der Waals surface area contributed by atoms with E-state index in [1.165, 1.54) is 0 Å². The highest BCUT2D eigenvalue weighted by atomic mass is 79.9. The average Bonchev–Trinajstić information content (AvgIpc) is 3.11. The lowest BCUT2D eigenvalue weighted by atomic mass is 10.1. The summed E-state index contributed by atoms with van der Waals surface area (Å²) in [5.74, 6) is -0.268. The topological polar surface area (TPSA) is 49.3 Å². The number of nitrogens with one attached hydrogen (secondary N) is 1. The van der Waals surface area contributed by atoms with Crippen LogP contribution in [0.5, 0.6) is 0 Å². The van der Waals surface area contributed by atoms with Gasteiger partial charge in [0.1, 0.15) is 5.54 Å². The second-order valence-corrected chi connectivity index (χ2v) is 6.65. The van der Waals surface area contributed by atoms with Gasteiger partial charge in [-0.25, -0.2) is 0 Å². The van der Waals surface area contributed by atoms with Crippen molar-refractivity contribution in [2.45, 2.75) is 36.2 Å². The van der Waals surface area contributed by atoms with Gasteiger partial charge in [-0.1, -0.05) is 12.1 Å². The molecule has 1 aliphatic rings. The Bertz CT molecular complexity index is 450. The van der Waals surface area contributed by atoms with Crippen LogP contribution < -0.4 is 5.32 Å². The van der Waals surface area contributed by atoms with E-state index in [1.54, 1.807) is 18.7 Å². The molecule has 2 rings (SSSR count). The van der Waals surface area contributed by atoms with Crippen molar-refractivity contribution in [3.8, 4) is 0 Å². The van der Waals surface area contributed by atoms with Crippen LogP contribution in [0.1, 0.15) is 19.8 Å². The largest absolute Gasteiger partial charge is 0.480 e. The zero-order valence-corrected chi connectivity index (χ0v) is 12.6. The second kappa shape index (κ2) is 5.63. The summed E-state index contributed by atoms with van der Waals surface area (Å²) in [6, 6.07) is 8.25. The number of carboxylic acids is 1. The fourth-order valence-corrected chi connectivity index (χ4v) is 3.29. The summed E-state index contributed by atoms with van der Waals surface area (Å²) < 4.78 is 1.01. The maximum absolute atomic E-state index is 11.4. The van der Waals surface area contributed by atoms with E-state index in [0.29, 0.717) is 11.8 Å². The molecule has 1 aromatic rings. The van der Waals surface area contributed by atoms with Crippen molar-refractivity contribution >= 4 is 33.7 Å². The number of aliphatic carboxylic acids is 1. The molecule has 0 aromatic heterocycles. The van der Waals surface area contributed by atoms with Gasteiger partial charge in [0, 0.05) is 21.2 Å². The summed E-state index contributed by atoms with van der Waals surface area (Å²) in [6.07, 6.45) is 2.17. The van der Waals surface area contributed by atoms with Crippen LogP contribution in [-0.2, 0) is 4.79 Å². The van der Waals surface area contributed by atoms with Gasteiger partial charge in [0.25, 0.3) is 0 Å². The molecule has 1 unspecified atom stereocenters. The Morgan fingerprint density at radius 2 is 2.22 bits per heavy atom. The highest BCUT2D eigenvalue weighted by Crippen LogP contribution is 2.31. The van der Waals surface area contributed by atoms with Crippen LogP contribution in [0.25, 0.3) is 0 Å². The molecule has 1 atom stereocenters. The minimum absolute atomic E-state index is 0.380. The Morgan fingerprint density at radius 1 is 1.56 bits per heavy atom. The molecule has 0 heterocycles. The van der Waals surface area contributed by atoms with Gasteiger partial charge in [0.05, 0.1) is 0 Å². The summed E-state index contributed by atoms with van der Waals surface area (Å²) >= 11 is 5.04. The fourth-order valence-electron chi connectivity index (χ4n) is 1.63. The maximum Gasteiger partial charge on any atom is 0.324 e. The van der Waals surface area contributed by atoms with Crippen LogP contribution >= 0.6 is 27.7 Å². The van der Waals surface area contributed by atoms with Gasteiger partial charge in [0.15, 0.2) is 0 Å². The third-order valence-electron chi connectivity index (χ3n) is 2.93. The number of hydrogen-bond donors (Lipinski definition) is 2. The highest BCUT2D eigenvalue weighted by Gasteiger charge is 2.38. The lowest BCUT2D eigenvalue weighted by Crippen LogP contribution is -2.52. The Kier molecular flexibility index (Phi) is 4.35. The van der Waals surface area contributed by atoms with Crippen molar-refractivity contribution in [1.82, 2.24) is 5.32 Å². The van der Waals surface area contributed by atoms with Crippen molar-refractivity contribution in [2.75, 3.05) is 5.75 Å². The Balaban J connectivity index is 2.01. The van der Waals surface area contributed by atoms with Gasteiger partial charge in [0.2, 0.25) is 0 Å². The first kappa shape index (κ1) is 13.9. The van der Waals surface area contributed by atoms with E-state index in [4.69, 9.17) is 0 Å². The summed E-state index contributed by atoms with van der Waals surface area (Å²) in [4.78, 5) is 12.5. The minimum Gasteiger partial charge on any atom is -0.480 e. The first-order chi connectivity index (χ1) is 8.51. The first-order valence-corrected chi connectivity index (χ1v) is 7.67. The van der Waals surface area contributed by atoms with Crippen molar-refractivity contribution in [2.24, 2.45) is 0 Å². The fraction of sp³-hybridized carbons (Fsp3) is 0.462. The second-order valence-electron chi connectivity index (χ2n) is 4.77. The third kappa shape index (κ3) is 3.49. The molecule has 3 nitrogen and oxygen atoms in total. The lowest BCUT2D eigenvalue weighted by molar-refractivity contribution is -0.143. The molecule has 5 heteroatoms. The molecule has 0 saturated heterocycles. The maximum atomic E-state index is 11.4. The average molecular weight is 330 g/mol. The van der Waals surface area contributed by atoms with Crippen LogP contribution in [0.15, 0.2) is 33.6 Å². The molecule has 0 amide bonds. The van der Waals surface area contributed by atoms with Crippen molar-refractivity contribution in [3.63, 3.8) is 0 Å². The van der Waals surface area contributed by atoms with Crippen molar-refractivity contribution < 1.29 is 9.90 Å². The van der Waals surface area contributed by atoms with Gasteiger partial charge >= 0.3 is 5.97 Å². The lowest BCUT2D eigenvalue weighted by Gasteiger charge is -2.26. The Labute approximate surface area is 119 Å². The molecule has 98 valence electrons. The molecule has 1 aliphatic carbocycles. The van der Waals surface area contributed by atoms with Gasteiger partial charge in [-0.05, 0) is 47.8 Å². The quantitative estimate of drug-likeness (QED) is 0.787. The van der Waals surface area contributed by atoms with Crippen LogP contribution in [0.2, 0.25) is 0 Å². The standard InChI is InChI=1S/C13H16BrNO2S/c1-13(12(16)17,15-9-6-7-9)8-18-11-5-3-2-4-10(11)14/h2-5,9,15H,6-8H2,1H3,(H,16,17). The summed E-state index contributed by atoms with van der Waals surface area (Å²) in [5, 5.41) is 12.6. The Hall–Kier alpha value is -0.520. The number of halogens is 1. The van der Waals surface area contributed by atoms with Crippen molar-refractivity contribution in [3.05, 3.63) is 28.7 Å². The van der Waals surface area contributed by atoms with Crippen molar-refractivity contribution in [1.29, 1.82) is 0 Å². The zero-order valence-electron chi connectivity index (χ0n) is 10.1. The van der Waals surface area contributed by atoms with E-state index < -0.39 is 11.5 Å². The molecule has 0 radical (unpaired) electrons. The van der Waals surface area contributed by atoms with Gasteiger partial charge in [-0.3, -0.25) is 10.1 Å². The number of rotatable bonds is 6. The van der Waals surface area contributed by atoms with E-state index in [2.05, 4.69) is 21.2 Å². The van der Waals surface area contributed by atoms with Gasteiger partial charge in [-0.2, -0.15) is 0 Å². The van der Waals surface area contributed by atoms with Crippen LogP contribution in [0.3, 0.4) is 0 Å². The predicted octanol–water partition coefficient (Wildman–Crippen LogP) is 3.14. The summed E-state index contributed by atoms with van der Waals surface area (Å²) in [5.41, 5.74) is -0.860. The molecule has 18 heavy (non-hydrogen) atoms. The number of thioether (sulfide) groups is 1. The van der Waals surface area contributed by atoms with E-state index in [0.717, 1.165) is 22.2 Å². The van der Waals surface area contributed by atoms with Crippen LogP contribution in [-0.4, -0.2) is 28.4 Å². The molecule has 1 saturated carbocycles. The molecule has 0 spiro atoms. The SMILES string of the molecule is CC(CSc1ccccc1Br)(NC1CC1)C(=O)O. The van der Waals surface area contributed by atoms with Gasteiger partial charge in [-0.15, -0.1) is 11.8 Å². The van der Waals surface area contributed by atoms with Gasteiger partial charge < -0.3 is 5.11 Å². The van der Waals surface area contributed by atoms with Crippen LogP contribution in [0.4, 0.5) is 0 Å². The number of benzene rings is 1. The minimum atomic E-state index is -0.860. The number of carboxylic acid groups (broad SMARTS) is 1. The van der Waals surface area contributed by atoms with Crippen LogP contribution in [0, 0.1) is 0 Å². The summed E-state index contributed by atoms with van der Waals surface area (Å²) in [6.45, 7) is 1.76. The number of carbonyl (C=O) groups is 1. The molecule has 2 N–H and O–H groups in total. The number of hydrogen-bond acceptors (Lipinski definition) is 3. The third-order valence-corrected chi connectivity index (χ3v) is 5.27. The van der Waals surface area contributed by atoms with E-state index in [-0.39, 0.29) is 0 Å². The molecule has 1 aromatic carbocycles. The molecular formula is C13H16BrNO2S. The highest BCUT2D eigenvalue weighted by molar-refractivity contribution is 9.10. The zero-order chi connectivity index (χ0) is 13.2. The summed E-state index contributed by atoms with van der Waals surface area (Å²) in [7, 11) is 0. The molecular weight excluding hydrogens is 314 g/mol. The van der Waals surface area contributed by atoms with E-state index in [9.17, 15) is 9.90 Å². The van der Waals surface area contributed by atoms with E-state index >= 15 is 0 Å². The smallest absolute Gasteiger partial charge is 0.324 e. The monoisotopic (exact) mass is 329 g/mol. The molecule has 0 aliphatic heterocycles. The molecule has 0 bridgehead atoms. The molecule has 1 fully saturated rings. The first-order valence-electron chi connectivity index (χ1n) is 5.90. The Morgan fingerprint density at radius 3 is 2.78 bits per heavy atom. The van der Waals surface area contributed by atoms with E-state index in [1.807, 2.05) is 24.3 Å².